The highest BCUT2D eigenvalue weighted by Gasteiger charge is 2.35. The number of ether oxygens (including phenoxy) is 1. The van der Waals surface area contributed by atoms with Gasteiger partial charge in [0.15, 0.2) is 16.4 Å². The molecule has 202 valence electrons. The van der Waals surface area contributed by atoms with Crippen LogP contribution in [-0.4, -0.2) is 40.9 Å². The Kier molecular flexibility index (Phi) is 8.50. The van der Waals surface area contributed by atoms with E-state index >= 15 is 0 Å². The molecule has 5 aromatic rings. The number of hydrogen-bond donors (Lipinski definition) is 2. The Balaban J connectivity index is 0.000000348. The molecule has 1 unspecified atom stereocenters. The van der Waals surface area contributed by atoms with E-state index in [2.05, 4.69) is 20.6 Å². The maximum absolute atomic E-state index is 13.2. The zero-order chi connectivity index (χ0) is 27.9. The van der Waals surface area contributed by atoms with Crippen LogP contribution in [-0.2, 0) is 20.9 Å². The van der Waals surface area contributed by atoms with Gasteiger partial charge in [-0.2, -0.15) is 0 Å². The molecule has 1 atom stereocenters. The minimum absolute atomic E-state index is 0.166. The van der Waals surface area contributed by atoms with Gasteiger partial charge < -0.3 is 15.0 Å². The zero-order valence-corrected chi connectivity index (χ0v) is 22.5. The number of halogens is 1. The summed E-state index contributed by atoms with van der Waals surface area (Å²) in [4.78, 5) is 44.9. The minimum Gasteiger partial charge on any atom is -0.363 e. The van der Waals surface area contributed by atoms with Crippen molar-refractivity contribution in [3.05, 3.63) is 101 Å². The Morgan fingerprint density at radius 3 is 2.45 bits per heavy atom. The zero-order valence-electron chi connectivity index (χ0n) is 20.8. The minimum atomic E-state index is -0.461. The molecule has 0 spiro atoms. The van der Waals surface area contributed by atoms with Gasteiger partial charge >= 0.3 is 0 Å². The molecule has 40 heavy (non-hydrogen) atoms. The standard InChI is InChI=1S/C24H18FN3O3S.C4H4N2OS/c25-17-9-5-15(6-10-17)13-28(23(30)20-14-31-20)18-11-7-16(8-12-18)22(29)27-24-26-19-3-1-2-4-21(19)32-24;7-3-6-4-5-1-2-8-4/h1-12,20H,13-14H2,(H,26,27,29);1-3H,(H,5,6,7). The lowest BCUT2D eigenvalue weighted by Crippen LogP contribution is -2.34. The van der Waals surface area contributed by atoms with Gasteiger partial charge in [0.25, 0.3) is 11.8 Å². The second-order valence-electron chi connectivity index (χ2n) is 8.46. The number of thiazole rings is 2. The predicted octanol–water partition coefficient (Wildman–Crippen LogP) is 5.33. The second-order valence-corrected chi connectivity index (χ2v) is 10.4. The van der Waals surface area contributed by atoms with Crippen LogP contribution in [0.2, 0.25) is 0 Å². The summed E-state index contributed by atoms with van der Waals surface area (Å²) in [7, 11) is 0. The highest BCUT2D eigenvalue weighted by atomic mass is 32.1. The van der Waals surface area contributed by atoms with Crippen molar-refractivity contribution >= 4 is 67.1 Å². The first kappa shape index (κ1) is 27.1. The molecule has 2 N–H and O–H groups in total. The van der Waals surface area contributed by atoms with Crippen molar-refractivity contribution in [2.45, 2.75) is 12.6 Å². The lowest BCUT2D eigenvalue weighted by Gasteiger charge is -2.22. The van der Waals surface area contributed by atoms with E-state index in [-0.39, 0.29) is 24.2 Å². The number of rotatable bonds is 8. The molecule has 3 aromatic carbocycles. The van der Waals surface area contributed by atoms with Crippen LogP contribution >= 0.6 is 22.7 Å². The second kappa shape index (κ2) is 12.6. The Bertz CT molecular complexity index is 1570. The van der Waals surface area contributed by atoms with E-state index in [1.165, 1.54) is 34.8 Å². The van der Waals surface area contributed by atoms with Gasteiger partial charge in [0.1, 0.15) is 5.82 Å². The van der Waals surface area contributed by atoms with E-state index < -0.39 is 6.10 Å². The van der Waals surface area contributed by atoms with Crippen molar-refractivity contribution in [2.24, 2.45) is 0 Å². The molecule has 1 saturated heterocycles. The molecule has 2 aromatic heterocycles. The molecular weight excluding hydrogens is 553 g/mol. The van der Waals surface area contributed by atoms with Crippen LogP contribution in [0.5, 0.6) is 0 Å². The van der Waals surface area contributed by atoms with Crippen molar-refractivity contribution < 1.29 is 23.5 Å². The van der Waals surface area contributed by atoms with Crippen LogP contribution in [0, 0.1) is 5.82 Å². The van der Waals surface area contributed by atoms with Gasteiger partial charge in [-0.3, -0.25) is 19.7 Å². The number of anilines is 3. The fraction of sp³-hybridized carbons (Fsp3) is 0.107. The smallest absolute Gasteiger partial charge is 0.258 e. The van der Waals surface area contributed by atoms with Crippen LogP contribution in [0.1, 0.15) is 15.9 Å². The Labute approximate surface area is 236 Å². The molecule has 0 radical (unpaired) electrons. The summed E-state index contributed by atoms with van der Waals surface area (Å²) in [5.41, 5.74) is 2.70. The topological polar surface area (TPSA) is 117 Å². The number of aromatic nitrogens is 2. The first-order valence-electron chi connectivity index (χ1n) is 12.0. The molecular formula is C28H22FN5O4S2. The van der Waals surface area contributed by atoms with Gasteiger partial charge in [0, 0.05) is 22.8 Å². The van der Waals surface area contributed by atoms with Crippen LogP contribution in [0.4, 0.5) is 20.3 Å². The third-order valence-electron chi connectivity index (χ3n) is 5.70. The van der Waals surface area contributed by atoms with Crippen molar-refractivity contribution in [1.29, 1.82) is 0 Å². The maximum atomic E-state index is 13.2. The van der Waals surface area contributed by atoms with Gasteiger partial charge in [0.05, 0.1) is 23.4 Å². The van der Waals surface area contributed by atoms with Gasteiger partial charge in [-0.1, -0.05) is 35.6 Å². The van der Waals surface area contributed by atoms with E-state index in [4.69, 9.17) is 4.74 Å². The van der Waals surface area contributed by atoms with E-state index in [1.807, 2.05) is 24.3 Å². The predicted molar refractivity (Wildman–Crippen MR) is 153 cm³/mol. The number of nitrogens with one attached hydrogen (secondary N) is 2. The molecule has 0 aliphatic carbocycles. The highest BCUT2D eigenvalue weighted by Crippen LogP contribution is 2.27. The average Bonchev–Trinajstić information content (AvgIpc) is 3.54. The lowest BCUT2D eigenvalue weighted by atomic mass is 10.1. The first-order chi connectivity index (χ1) is 19.5. The SMILES string of the molecule is O=C(Nc1nc2ccccc2s1)c1ccc(N(Cc2ccc(F)cc2)C(=O)C2CO2)cc1.O=CNc1nccs1. The number of fused-ring (bicyclic) bond motifs is 1. The number of benzene rings is 3. The molecule has 3 heterocycles. The number of amides is 3. The largest absolute Gasteiger partial charge is 0.363 e. The Morgan fingerprint density at radius 1 is 1.05 bits per heavy atom. The van der Waals surface area contributed by atoms with Crippen LogP contribution in [0.15, 0.2) is 84.4 Å². The lowest BCUT2D eigenvalue weighted by molar-refractivity contribution is -0.119. The summed E-state index contributed by atoms with van der Waals surface area (Å²) in [5, 5.41) is 8.20. The van der Waals surface area contributed by atoms with E-state index in [1.54, 1.807) is 52.9 Å². The summed E-state index contributed by atoms with van der Waals surface area (Å²) < 4.78 is 19.4. The number of epoxide rings is 1. The molecule has 0 saturated carbocycles. The van der Waals surface area contributed by atoms with Gasteiger partial charge in [-0.05, 0) is 54.1 Å². The molecule has 6 rings (SSSR count). The summed E-state index contributed by atoms with van der Waals surface area (Å²) in [6.45, 7) is 0.664. The summed E-state index contributed by atoms with van der Waals surface area (Å²) in [5.74, 6) is -0.779. The van der Waals surface area contributed by atoms with Gasteiger partial charge in [-0.15, -0.1) is 11.3 Å². The molecule has 1 aliphatic heterocycles. The summed E-state index contributed by atoms with van der Waals surface area (Å²) >= 11 is 2.80. The number of nitrogens with zero attached hydrogens (tertiary/aromatic N) is 3. The molecule has 0 bridgehead atoms. The molecule has 3 amide bonds. The van der Waals surface area contributed by atoms with E-state index in [0.29, 0.717) is 34.5 Å². The quantitative estimate of drug-likeness (QED) is 0.191. The third-order valence-corrected chi connectivity index (χ3v) is 7.36. The van der Waals surface area contributed by atoms with Crippen molar-refractivity contribution in [2.75, 3.05) is 22.1 Å². The maximum Gasteiger partial charge on any atom is 0.258 e. The Morgan fingerprint density at radius 2 is 1.80 bits per heavy atom. The van der Waals surface area contributed by atoms with E-state index in [9.17, 15) is 18.8 Å². The third kappa shape index (κ3) is 6.91. The molecule has 1 fully saturated rings. The first-order valence-corrected chi connectivity index (χ1v) is 13.7. The molecule has 1 aliphatic rings. The number of para-hydroxylation sites is 1. The fourth-order valence-electron chi connectivity index (χ4n) is 3.67. The van der Waals surface area contributed by atoms with Crippen molar-refractivity contribution in [3.8, 4) is 0 Å². The fourth-order valence-corrected chi connectivity index (χ4v) is 5.02. The average molecular weight is 576 g/mol. The monoisotopic (exact) mass is 575 g/mol. The number of carbonyl (C=O) groups is 3. The van der Waals surface area contributed by atoms with E-state index in [0.717, 1.165) is 15.8 Å². The Hall–Kier alpha value is -4.52. The summed E-state index contributed by atoms with van der Waals surface area (Å²) in [6.07, 6.45) is 1.78. The normalized spacial score (nSPS) is 13.6. The molecule has 12 heteroatoms. The summed E-state index contributed by atoms with van der Waals surface area (Å²) in [6, 6.07) is 20.4. The van der Waals surface area contributed by atoms with Crippen molar-refractivity contribution in [3.63, 3.8) is 0 Å². The molecule has 9 nitrogen and oxygen atoms in total. The highest BCUT2D eigenvalue weighted by molar-refractivity contribution is 7.22. The van der Waals surface area contributed by atoms with Crippen LogP contribution in [0.25, 0.3) is 10.2 Å². The van der Waals surface area contributed by atoms with Gasteiger partial charge in [-0.25, -0.2) is 14.4 Å². The van der Waals surface area contributed by atoms with Crippen LogP contribution in [0.3, 0.4) is 0 Å². The number of hydrogen-bond acceptors (Lipinski definition) is 8. The van der Waals surface area contributed by atoms with Crippen LogP contribution < -0.4 is 15.5 Å². The van der Waals surface area contributed by atoms with Crippen molar-refractivity contribution in [1.82, 2.24) is 9.97 Å². The number of carbonyl (C=O) groups excluding carboxylic acids is 3. The van der Waals surface area contributed by atoms with Gasteiger partial charge in [0.2, 0.25) is 6.41 Å².